The second-order valence-corrected chi connectivity index (χ2v) is 37.5. The molecule has 0 bridgehead atoms. The molecule has 4 aliphatic carbocycles. The van der Waals surface area contributed by atoms with Crippen LogP contribution in [0.5, 0.6) is 23.3 Å². The van der Waals surface area contributed by atoms with Gasteiger partial charge in [0.2, 0.25) is 55.4 Å². The summed E-state index contributed by atoms with van der Waals surface area (Å²) in [6.07, 6.45) is 12.6. The van der Waals surface area contributed by atoms with Crippen LogP contribution in [0.25, 0.3) is 21.5 Å². The van der Waals surface area contributed by atoms with Crippen LogP contribution in [0, 0.1) is 58.2 Å². The number of allylic oxidation sites excluding steroid dienone is 4. The van der Waals surface area contributed by atoms with Crippen LogP contribution in [0.4, 0.5) is 11.4 Å². The van der Waals surface area contributed by atoms with E-state index < -0.39 is 200 Å². The lowest BCUT2D eigenvalue weighted by atomic mass is 9.82. The Kier molecular flexibility index (Phi) is 19.2. The van der Waals surface area contributed by atoms with Gasteiger partial charge in [0.1, 0.15) is 36.6 Å². The Morgan fingerprint density at radius 2 is 0.955 bits per heavy atom. The Balaban J connectivity index is 0.000000213. The Morgan fingerprint density at radius 3 is 1.33 bits per heavy atom. The van der Waals surface area contributed by atoms with Gasteiger partial charge in [0.25, 0.3) is 0 Å². The summed E-state index contributed by atoms with van der Waals surface area (Å²) in [6, 6.07) is 8.81. The van der Waals surface area contributed by atoms with E-state index in [-0.39, 0.29) is 75.2 Å². The van der Waals surface area contributed by atoms with Crippen molar-refractivity contribution in [2.45, 2.75) is 231 Å². The monoisotopic (exact) mass is 1600 g/mol. The predicted octanol–water partition coefficient (Wildman–Crippen LogP) is 10.7. The minimum Gasteiger partial charge on any atom is -0.489 e. The van der Waals surface area contributed by atoms with Crippen LogP contribution in [0.1, 0.15) is 201 Å². The van der Waals surface area contributed by atoms with Crippen LogP contribution in [-0.2, 0) is 67.9 Å². The largest absolute Gasteiger partial charge is 0.489 e. The maximum Gasteiger partial charge on any atom is 0.307 e. The number of amides is 4. The predicted molar refractivity (Wildman–Crippen MR) is 421 cm³/mol. The van der Waals surface area contributed by atoms with Gasteiger partial charge in [0, 0.05) is 90.2 Å². The normalized spacial score (nSPS) is 32.6. The highest BCUT2D eigenvalue weighted by Crippen LogP contribution is 2.59. The number of nitrogens with one attached hydrogen (secondary N) is 2. The fourth-order valence-corrected chi connectivity index (χ4v) is 20.2. The van der Waals surface area contributed by atoms with Crippen molar-refractivity contribution in [1.82, 2.24) is 29.2 Å². The van der Waals surface area contributed by atoms with Gasteiger partial charge in [-0.3, -0.25) is 47.8 Å². The van der Waals surface area contributed by atoms with Gasteiger partial charge in [-0.25, -0.2) is 26.8 Å². The fourth-order valence-electron chi connectivity index (χ4n) is 17.5. The zero-order valence-corrected chi connectivity index (χ0v) is 66.5. The molecule has 14 atom stereocenters. The molecule has 608 valence electrons. The highest BCUT2D eigenvalue weighted by Gasteiger charge is 2.64. The molecule has 4 saturated carbocycles. The van der Waals surface area contributed by atoms with Gasteiger partial charge < -0.3 is 48.0 Å². The third-order valence-electron chi connectivity index (χ3n) is 24.1. The quantitative estimate of drug-likeness (QED) is 0.0875. The Morgan fingerprint density at radius 1 is 0.562 bits per heavy atom. The number of hydrogen-bond acceptors (Lipinski definition) is 22. The number of aromatic nitrogens is 2. The number of fused-ring (bicyclic) bond motifs is 10. The number of likely N-dealkylation sites (N-methyl/N-ethyl adjacent to an activating group) is 2. The van der Waals surface area contributed by atoms with Crippen molar-refractivity contribution >= 4 is 100 Å². The molecule has 2 saturated heterocycles. The number of sulfonamides is 2. The first kappa shape index (κ1) is 67.0. The molecule has 14 rings (SSSR count). The topological polar surface area (TPSA) is 323 Å². The molecular formula is C84H112N8O18S2. The lowest BCUT2D eigenvalue weighted by Crippen LogP contribution is -2.47. The fraction of sp³-hybridized carbons (Fsp3) is 0.643. The number of ketones is 2. The number of hydrogen-bond donors (Lipinski definition) is 2. The molecule has 0 radical (unpaired) electrons. The van der Waals surface area contributed by atoms with E-state index in [2.05, 4.69) is 29.2 Å². The van der Waals surface area contributed by atoms with Gasteiger partial charge in [0.15, 0.2) is 23.1 Å². The molecule has 10 aliphatic rings. The van der Waals surface area contributed by atoms with Gasteiger partial charge in [-0.15, -0.1) is 0 Å². The number of anilines is 2. The summed E-state index contributed by atoms with van der Waals surface area (Å²) in [4.78, 5) is 131. The maximum absolute atomic E-state index is 15.1. The second kappa shape index (κ2) is 32.1. The van der Waals surface area contributed by atoms with Gasteiger partial charge in [-0.1, -0.05) is 52.0 Å². The lowest BCUT2D eigenvalue weighted by Gasteiger charge is -2.32. The molecule has 2 N–H and O–H groups in total. The number of carbonyl (C=O) groups is 8. The zero-order valence-electron chi connectivity index (χ0n) is 76.8. The van der Waals surface area contributed by atoms with Crippen molar-refractivity contribution in [3.8, 4) is 23.3 Å². The first-order valence-corrected chi connectivity index (χ1v) is 42.4. The molecule has 8 heterocycles. The number of benzene rings is 2. The first-order chi connectivity index (χ1) is 57.9. The highest BCUT2D eigenvalue weighted by molar-refractivity contribution is 7.91. The molecule has 28 heteroatoms. The van der Waals surface area contributed by atoms with E-state index in [0.717, 1.165) is 36.0 Å². The van der Waals surface area contributed by atoms with Crippen molar-refractivity contribution in [3.63, 3.8) is 0 Å². The number of rotatable bonds is 14. The number of ether oxygens (including phenoxy) is 6. The summed E-state index contributed by atoms with van der Waals surface area (Å²) < 4.78 is 188. The average Bonchev–Trinajstić information content (AvgIpc) is 1.57. The number of pyridine rings is 2. The second-order valence-electron chi connectivity index (χ2n) is 33.6. The first-order valence-electron chi connectivity index (χ1n) is 45.3. The zero-order chi connectivity index (χ0) is 90.3. The van der Waals surface area contributed by atoms with Crippen molar-refractivity contribution in [1.29, 1.82) is 0 Å². The Labute approximate surface area is 674 Å². The van der Waals surface area contributed by atoms with Gasteiger partial charge >= 0.3 is 11.9 Å². The van der Waals surface area contributed by atoms with Crippen molar-refractivity contribution in [2.75, 3.05) is 63.3 Å². The molecule has 0 unspecified atom stereocenters. The summed E-state index contributed by atoms with van der Waals surface area (Å²) in [5.74, 6) is -8.56. The van der Waals surface area contributed by atoms with Crippen molar-refractivity contribution in [3.05, 3.63) is 73.1 Å². The van der Waals surface area contributed by atoms with E-state index in [0.29, 0.717) is 113 Å². The van der Waals surface area contributed by atoms with Crippen LogP contribution in [-0.4, -0.2) is 183 Å². The number of carbonyl (C=O) groups excluding carboxylic acids is 8. The minimum atomic E-state index is -3.94. The third kappa shape index (κ3) is 18.2. The standard InChI is InChI=1S/2C42H56N4O9S/c2*1-25-9-7-8-10-27-22-42(27,40(50)44-56(51,52)29-11-12-29)23-35(47)34-20-28(24-46(34)39(49)32(26(2)19-25)21-36(48)55-41(3,4)5)54-38-31-13-14-33-37(30(31)15-16-43-38)53-18-17-45(33)6/h2*8,10,13-16,25-29,32,34H,7,9,11-12,17-24H2,1-6H3,(H,44,50)/b2*10-8-/t25-,26+,27+,28+,32+,34-,42+;25-,26-,27-,28-,32-,34+,42-/m01/s1/i2*3D3,4D3. The smallest absolute Gasteiger partial charge is 0.307 e. The van der Waals surface area contributed by atoms with Gasteiger partial charge in [0.05, 0.1) is 95.6 Å². The Bertz CT molecular complexity index is 4780. The molecule has 4 amide bonds. The molecule has 2 aromatic carbocycles. The number of nitrogens with zero attached hydrogens (tertiary/aromatic N) is 6. The van der Waals surface area contributed by atoms with Crippen molar-refractivity contribution in [2.24, 2.45) is 58.2 Å². The Hall–Kier alpha value is -8.40. The summed E-state index contributed by atoms with van der Waals surface area (Å²) in [5.41, 5.74) is -6.70. The summed E-state index contributed by atoms with van der Waals surface area (Å²) in [5, 5.41) is 1.45. The SMILES string of the molecule is [2H]C([2H])([2H])C(C)(OC(=O)C[C@H]1C(=O)N2C[C@H](Oc3nccc4c5c(ccc34)N(C)CCO5)C[C@H]2C(=O)C[C@]2(C(=O)NS(=O)(=O)C3CC3)C[C@H]2/C=C\CC[C@@H](C)C[C@H]1C)C([2H])([2H])[2H].[2H]C([2H])([2H])C(C)(OC(=O)C[C@H]1C(=O)N2C[C@H](Oc3nccc4c5c(ccc34)N(C)CCO5)C[C@H]2C(=O)C[C@]2(C(=O)NS(=O)(=O)C3CC3)C[C@H]2/C=C\CC[C@H](C)C[C@H]1C)C([2H])([2H])[2H]. The molecule has 6 aliphatic heterocycles. The van der Waals surface area contributed by atoms with Gasteiger partial charge in [-0.05, 0) is 190 Å². The molecule has 0 spiro atoms. The minimum absolute atomic E-state index is 0.0103. The van der Waals surface area contributed by atoms with Gasteiger partial charge in [-0.2, -0.15) is 0 Å². The number of Topliss-reactive ketones (excluding diaryl/α,β-unsaturated/α-hetero) is 2. The van der Waals surface area contributed by atoms with E-state index in [1.54, 1.807) is 26.2 Å². The molecule has 6 fully saturated rings. The van der Waals surface area contributed by atoms with Crippen LogP contribution in [0.2, 0.25) is 0 Å². The summed E-state index contributed by atoms with van der Waals surface area (Å²) in [6.45, 7) is -1.64. The van der Waals surface area contributed by atoms with Crippen LogP contribution in [0.15, 0.2) is 73.1 Å². The molecular weight excluding hydrogens is 1470 g/mol. The van der Waals surface area contributed by atoms with E-state index >= 15 is 9.59 Å². The van der Waals surface area contributed by atoms with Crippen LogP contribution < -0.4 is 38.2 Å². The number of esters is 2. The van der Waals surface area contributed by atoms with Crippen LogP contribution in [0.3, 0.4) is 0 Å². The highest BCUT2D eigenvalue weighted by atomic mass is 32.2. The maximum atomic E-state index is 15.1. The molecule has 26 nitrogen and oxygen atoms in total. The summed E-state index contributed by atoms with van der Waals surface area (Å²) >= 11 is 0. The van der Waals surface area contributed by atoms with E-state index in [9.17, 15) is 45.6 Å². The molecule has 2 aromatic heterocycles. The lowest BCUT2D eigenvalue weighted by molar-refractivity contribution is -0.160. The van der Waals surface area contributed by atoms with Crippen LogP contribution >= 0.6 is 0 Å². The van der Waals surface area contributed by atoms with E-state index in [1.165, 1.54) is 9.80 Å². The van der Waals surface area contributed by atoms with E-state index in [1.807, 2.05) is 88.6 Å². The molecule has 112 heavy (non-hydrogen) atoms. The summed E-state index contributed by atoms with van der Waals surface area (Å²) in [7, 11) is -3.96. The van der Waals surface area contributed by atoms with E-state index in [4.69, 9.17) is 44.9 Å². The molecule has 4 aromatic rings. The van der Waals surface area contributed by atoms with Crippen molar-refractivity contribution < 1.29 is 100 Å². The third-order valence-corrected chi connectivity index (χ3v) is 27.8. The average molecular weight is 1600 g/mol.